The lowest BCUT2D eigenvalue weighted by Crippen LogP contribution is -1.94. The van der Waals surface area contributed by atoms with Gasteiger partial charge in [-0.1, -0.05) is 0 Å². The first-order valence-corrected chi connectivity index (χ1v) is 4.60. The Balaban J connectivity index is 2.34. The van der Waals surface area contributed by atoms with E-state index in [1.54, 1.807) is 0 Å². The molecule has 0 amide bonds. The highest BCUT2D eigenvalue weighted by molar-refractivity contribution is 6.00. The molecule has 0 saturated carbocycles. The van der Waals surface area contributed by atoms with Crippen LogP contribution in [0.15, 0.2) is 18.2 Å². The highest BCUT2D eigenvalue weighted by Crippen LogP contribution is 2.25. The number of hydrogen-bond donors (Lipinski definition) is 0. The third-order valence-corrected chi connectivity index (χ3v) is 2.31. The predicted molar refractivity (Wildman–Crippen MR) is 50.3 cm³/mol. The van der Waals surface area contributed by atoms with Crippen LogP contribution in [0, 0.1) is 0 Å². The molecule has 0 saturated heterocycles. The zero-order chi connectivity index (χ0) is 9.26. The van der Waals surface area contributed by atoms with Gasteiger partial charge in [-0.3, -0.25) is 4.79 Å². The van der Waals surface area contributed by atoms with Crippen molar-refractivity contribution >= 4 is 5.78 Å². The largest absolute Gasteiger partial charge is 0.494 e. The molecule has 0 heterocycles. The second kappa shape index (κ2) is 3.21. The number of Topliss-reactive ketones (excluding diaryl/α,β-unsaturated/α-hetero) is 1. The summed E-state index contributed by atoms with van der Waals surface area (Å²) >= 11 is 0. The fraction of sp³-hybridized carbons (Fsp3) is 0.364. The molecule has 2 rings (SSSR count). The Labute approximate surface area is 77.5 Å². The molecular weight excluding hydrogens is 164 g/mol. The van der Waals surface area contributed by atoms with Crippen molar-refractivity contribution in [3.63, 3.8) is 0 Å². The van der Waals surface area contributed by atoms with Gasteiger partial charge in [-0.25, -0.2) is 0 Å². The first-order chi connectivity index (χ1) is 6.31. The van der Waals surface area contributed by atoms with Crippen molar-refractivity contribution in [1.82, 2.24) is 0 Å². The number of ketones is 1. The number of carbonyl (C=O) groups excluding carboxylic acids is 1. The van der Waals surface area contributed by atoms with Crippen LogP contribution in [0.5, 0.6) is 5.75 Å². The van der Waals surface area contributed by atoms with Gasteiger partial charge in [0, 0.05) is 12.0 Å². The Morgan fingerprint density at radius 3 is 3.00 bits per heavy atom. The van der Waals surface area contributed by atoms with E-state index >= 15 is 0 Å². The highest BCUT2D eigenvalue weighted by Gasteiger charge is 2.19. The van der Waals surface area contributed by atoms with Gasteiger partial charge in [-0.2, -0.15) is 0 Å². The molecule has 0 spiro atoms. The molecule has 1 aromatic rings. The van der Waals surface area contributed by atoms with Crippen LogP contribution in [-0.2, 0) is 6.42 Å². The molecule has 0 aromatic heterocycles. The Morgan fingerprint density at radius 1 is 1.38 bits per heavy atom. The molecule has 1 aliphatic carbocycles. The highest BCUT2D eigenvalue weighted by atomic mass is 16.5. The van der Waals surface area contributed by atoms with E-state index in [0.29, 0.717) is 13.0 Å². The summed E-state index contributed by atoms with van der Waals surface area (Å²) in [4.78, 5) is 11.3. The summed E-state index contributed by atoms with van der Waals surface area (Å²) in [7, 11) is 0. The number of fused-ring (bicyclic) bond motifs is 1. The minimum Gasteiger partial charge on any atom is -0.494 e. The van der Waals surface area contributed by atoms with Crippen LogP contribution < -0.4 is 4.74 Å². The van der Waals surface area contributed by atoms with Crippen molar-refractivity contribution in [2.75, 3.05) is 6.61 Å². The molecule has 68 valence electrons. The van der Waals surface area contributed by atoms with Crippen molar-refractivity contribution in [1.29, 1.82) is 0 Å². The second-order valence-corrected chi connectivity index (χ2v) is 3.18. The molecule has 2 nitrogen and oxygen atoms in total. The molecule has 2 heteroatoms. The number of ether oxygens (including phenoxy) is 1. The molecule has 1 aromatic carbocycles. The average molecular weight is 176 g/mol. The maximum absolute atomic E-state index is 11.3. The Hall–Kier alpha value is -1.31. The molecule has 0 aliphatic heterocycles. The van der Waals surface area contributed by atoms with Crippen LogP contribution in [0.4, 0.5) is 0 Å². The number of hydrogen-bond acceptors (Lipinski definition) is 2. The minimum absolute atomic E-state index is 0.262. The third kappa shape index (κ3) is 1.44. The third-order valence-electron chi connectivity index (χ3n) is 2.31. The summed E-state index contributed by atoms with van der Waals surface area (Å²) < 4.78 is 5.36. The molecular formula is C11H12O2. The Bertz CT molecular complexity index is 342. The smallest absolute Gasteiger partial charge is 0.163 e. The zero-order valence-corrected chi connectivity index (χ0v) is 7.67. The topological polar surface area (TPSA) is 26.3 Å². The van der Waals surface area contributed by atoms with Crippen LogP contribution in [0.1, 0.15) is 29.3 Å². The normalized spacial score (nSPS) is 14.4. The van der Waals surface area contributed by atoms with Gasteiger partial charge in [0.1, 0.15) is 5.75 Å². The van der Waals surface area contributed by atoms with Crippen molar-refractivity contribution in [3.05, 3.63) is 29.3 Å². The number of aryl methyl sites for hydroxylation is 1. The van der Waals surface area contributed by atoms with E-state index in [2.05, 4.69) is 0 Å². The number of benzene rings is 1. The summed E-state index contributed by atoms with van der Waals surface area (Å²) in [6, 6.07) is 5.71. The molecule has 0 unspecified atom stereocenters. The van der Waals surface area contributed by atoms with Crippen LogP contribution in [0.2, 0.25) is 0 Å². The van der Waals surface area contributed by atoms with E-state index in [0.717, 1.165) is 23.3 Å². The molecule has 1 aliphatic rings. The van der Waals surface area contributed by atoms with E-state index in [-0.39, 0.29) is 5.78 Å². The van der Waals surface area contributed by atoms with Crippen LogP contribution in [0.25, 0.3) is 0 Å². The van der Waals surface area contributed by atoms with Gasteiger partial charge < -0.3 is 4.74 Å². The molecule has 0 atom stereocenters. The number of rotatable bonds is 2. The molecule has 13 heavy (non-hydrogen) atoms. The standard InChI is InChI=1S/C11H12O2/c1-2-13-9-4-5-10-8(7-9)3-6-11(10)12/h4-5,7H,2-3,6H2,1H3. The average Bonchev–Trinajstić information content (AvgIpc) is 2.48. The zero-order valence-electron chi connectivity index (χ0n) is 7.67. The van der Waals surface area contributed by atoms with Crippen LogP contribution in [0.3, 0.4) is 0 Å². The van der Waals surface area contributed by atoms with Crippen molar-refractivity contribution in [2.24, 2.45) is 0 Å². The van der Waals surface area contributed by atoms with Crippen LogP contribution >= 0.6 is 0 Å². The van der Waals surface area contributed by atoms with Gasteiger partial charge in [0.2, 0.25) is 0 Å². The summed E-state index contributed by atoms with van der Waals surface area (Å²) in [5, 5.41) is 0. The van der Waals surface area contributed by atoms with E-state index < -0.39 is 0 Å². The Morgan fingerprint density at radius 2 is 2.23 bits per heavy atom. The van der Waals surface area contributed by atoms with Crippen molar-refractivity contribution in [2.45, 2.75) is 19.8 Å². The fourth-order valence-corrected chi connectivity index (χ4v) is 1.69. The van der Waals surface area contributed by atoms with Gasteiger partial charge in [0.15, 0.2) is 5.78 Å². The first-order valence-electron chi connectivity index (χ1n) is 4.60. The fourth-order valence-electron chi connectivity index (χ4n) is 1.69. The van der Waals surface area contributed by atoms with E-state index in [9.17, 15) is 4.79 Å². The van der Waals surface area contributed by atoms with E-state index in [4.69, 9.17) is 4.74 Å². The first kappa shape index (κ1) is 8.30. The summed E-state index contributed by atoms with van der Waals surface area (Å²) in [5.74, 6) is 1.13. The van der Waals surface area contributed by atoms with Crippen LogP contribution in [-0.4, -0.2) is 12.4 Å². The quantitative estimate of drug-likeness (QED) is 0.690. The van der Waals surface area contributed by atoms with Crippen molar-refractivity contribution in [3.8, 4) is 5.75 Å². The lowest BCUT2D eigenvalue weighted by atomic mass is 10.1. The van der Waals surface area contributed by atoms with Gasteiger partial charge in [0.25, 0.3) is 0 Å². The molecule has 0 bridgehead atoms. The summed E-state index contributed by atoms with van der Waals surface area (Å²) in [6.07, 6.45) is 1.53. The Kier molecular flexibility index (Phi) is 2.05. The molecule has 0 N–H and O–H groups in total. The van der Waals surface area contributed by atoms with Crippen molar-refractivity contribution < 1.29 is 9.53 Å². The predicted octanol–water partition coefficient (Wildman–Crippen LogP) is 2.21. The monoisotopic (exact) mass is 176 g/mol. The molecule has 0 radical (unpaired) electrons. The van der Waals surface area contributed by atoms with Gasteiger partial charge >= 0.3 is 0 Å². The maximum atomic E-state index is 11.3. The lowest BCUT2D eigenvalue weighted by Gasteiger charge is -2.04. The van der Waals surface area contributed by atoms with Gasteiger partial charge in [0.05, 0.1) is 6.61 Å². The maximum Gasteiger partial charge on any atom is 0.163 e. The lowest BCUT2D eigenvalue weighted by molar-refractivity contribution is 0.0994. The summed E-state index contributed by atoms with van der Waals surface area (Å²) in [6.45, 7) is 2.63. The van der Waals surface area contributed by atoms with Gasteiger partial charge in [-0.15, -0.1) is 0 Å². The van der Waals surface area contributed by atoms with E-state index in [1.807, 2.05) is 25.1 Å². The van der Waals surface area contributed by atoms with Gasteiger partial charge in [-0.05, 0) is 37.1 Å². The molecule has 0 fully saturated rings. The second-order valence-electron chi connectivity index (χ2n) is 3.18. The van der Waals surface area contributed by atoms with E-state index in [1.165, 1.54) is 0 Å². The number of carbonyl (C=O) groups is 1. The summed E-state index contributed by atoms with van der Waals surface area (Å²) in [5.41, 5.74) is 2.01. The SMILES string of the molecule is CCOc1ccc2c(c1)CCC2=O. The minimum atomic E-state index is 0.262.